The van der Waals surface area contributed by atoms with Crippen LogP contribution in [-0.4, -0.2) is 12.6 Å². The molecule has 29 heavy (non-hydrogen) atoms. The monoisotopic (exact) mass is 495 g/mol. The Labute approximate surface area is 188 Å². The molecule has 146 valence electrons. The molecule has 1 aromatic heterocycles. The molecular weight excluding hydrogens is 473 g/mol. The van der Waals surface area contributed by atoms with Crippen LogP contribution in [0.2, 0.25) is 0 Å². The maximum Gasteiger partial charge on any atom is 0.345 e. The topological polar surface area (TPSA) is 30.2 Å². The largest absolute Gasteiger partial charge is 1.00 e. The standard InChI is InChI=1S/C25H22NO2.HI/c1-3-28-25(27)23-22-12-8-7-11-20(22)17-26(21-15-13-18(2)14-16-21)24(23)19-9-5-4-6-10-19;/h4-17H,3H2,1-2H3;1H/q+1;/p-1. The van der Waals surface area contributed by atoms with Gasteiger partial charge in [-0.3, -0.25) is 0 Å². The van der Waals surface area contributed by atoms with Crippen molar-refractivity contribution in [3.8, 4) is 16.9 Å². The van der Waals surface area contributed by atoms with E-state index < -0.39 is 0 Å². The zero-order valence-electron chi connectivity index (χ0n) is 16.4. The van der Waals surface area contributed by atoms with E-state index in [9.17, 15) is 4.79 Å². The van der Waals surface area contributed by atoms with Crippen molar-refractivity contribution in [3.05, 3.63) is 96.2 Å². The summed E-state index contributed by atoms with van der Waals surface area (Å²) in [5.74, 6) is -0.306. The highest BCUT2D eigenvalue weighted by Crippen LogP contribution is 2.29. The number of ether oxygens (including phenoxy) is 1. The summed E-state index contributed by atoms with van der Waals surface area (Å²) in [6.45, 7) is 4.23. The number of aryl methyl sites for hydroxylation is 1. The highest BCUT2D eigenvalue weighted by molar-refractivity contribution is 6.08. The number of hydrogen-bond donors (Lipinski definition) is 0. The van der Waals surface area contributed by atoms with Gasteiger partial charge < -0.3 is 28.7 Å². The van der Waals surface area contributed by atoms with Gasteiger partial charge in [0, 0.05) is 28.5 Å². The molecule has 4 heteroatoms. The van der Waals surface area contributed by atoms with Crippen LogP contribution in [0.25, 0.3) is 27.7 Å². The molecule has 3 nitrogen and oxygen atoms in total. The van der Waals surface area contributed by atoms with Crippen LogP contribution in [0.1, 0.15) is 22.8 Å². The summed E-state index contributed by atoms with van der Waals surface area (Å²) >= 11 is 0. The fraction of sp³-hybridized carbons (Fsp3) is 0.120. The fourth-order valence-electron chi connectivity index (χ4n) is 3.49. The van der Waals surface area contributed by atoms with Crippen molar-refractivity contribution in [2.45, 2.75) is 13.8 Å². The van der Waals surface area contributed by atoms with Gasteiger partial charge in [-0.2, -0.15) is 4.57 Å². The first-order valence-electron chi connectivity index (χ1n) is 9.46. The van der Waals surface area contributed by atoms with Gasteiger partial charge in [-0.25, -0.2) is 4.79 Å². The van der Waals surface area contributed by atoms with Crippen molar-refractivity contribution in [2.75, 3.05) is 6.61 Å². The Kier molecular flexibility index (Phi) is 6.64. The van der Waals surface area contributed by atoms with Crippen molar-refractivity contribution in [3.63, 3.8) is 0 Å². The third-order valence-corrected chi connectivity index (χ3v) is 4.81. The third kappa shape index (κ3) is 4.17. The van der Waals surface area contributed by atoms with E-state index in [2.05, 4.69) is 42.0 Å². The maximum absolute atomic E-state index is 13.1. The summed E-state index contributed by atoms with van der Waals surface area (Å²) in [5, 5.41) is 1.88. The summed E-state index contributed by atoms with van der Waals surface area (Å²) in [6.07, 6.45) is 2.09. The van der Waals surface area contributed by atoms with E-state index in [4.69, 9.17) is 4.74 Å². The SMILES string of the molecule is CCOC(=O)c1c(-c2ccccc2)[n+](-c2ccc(C)cc2)cc2ccccc12.[I-]. The molecule has 1 heterocycles. The molecule has 0 aliphatic rings. The van der Waals surface area contributed by atoms with Crippen LogP contribution in [0.15, 0.2) is 85.1 Å². The van der Waals surface area contributed by atoms with Gasteiger partial charge in [-0.05, 0) is 32.0 Å². The predicted molar refractivity (Wildman–Crippen MR) is 112 cm³/mol. The van der Waals surface area contributed by atoms with Gasteiger partial charge >= 0.3 is 5.97 Å². The van der Waals surface area contributed by atoms with Crippen molar-refractivity contribution < 1.29 is 38.1 Å². The highest BCUT2D eigenvalue weighted by atomic mass is 127. The molecule has 0 spiro atoms. The number of halogens is 1. The Hall–Kier alpha value is -2.73. The second-order valence-corrected chi connectivity index (χ2v) is 6.73. The first kappa shape index (κ1) is 21.0. The van der Waals surface area contributed by atoms with Crippen LogP contribution in [0.5, 0.6) is 0 Å². The Bertz CT molecular complexity index is 1140. The van der Waals surface area contributed by atoms with Gasteiger partial charge in [0.1, 0.15) is 5.56 Å². The van der Waals surface area contributed by atoms with E-state index in [1.807, 2.05) is 61.5 Å². The first-order valence-corrected chi connectivity index (χ1v) is 9.46. The normalized spacial score (nSPS) is 10.4. The Morgan fingerprint density at radius 1 is 0.897 bits per heavy atom. The quantitative estimate of drug-likeness (QED) is 0.247. The summed E-state index contributed by atoms with van der Waals surface area (Å²) in [5.41, 5.74) is 4.59. The van der Waals surface area contributed by atoms with Crippen molar-refractivity contribution >= 4 is 16.7 Å². The number of aromatic nitrogens is 1. The fourth-order valence-corrected chi connectivity index (χ4v) is 3.49. The lowest BCUT2D eigenvalue weighted by molar-refractivity contribution is -0.582. The number of pyridine rings is 1. The Morgan fingerprint density at radius 3 is 2.24 bits per heavy atom. The molecule has 0 saturated heterocycles. The van der Waals surface area contributed by atoms with Gasteiger partial charge in [0.05, 0.1) is 6.61 Å². The number of carbonyl (C=O) groups excluding carboxylic acids is 1. The maximum atomic E-state index is 13.1. The molecule has 0 unspecified atom stereocenters. The molecule has 0 saturated carbocycles. The molecular formula is C25H22INO2. The first-order chi connectivity index (χ1) is 13.7. The van der Waals surface area contributed by atoms with Crippen molar-refractivity contribution in [1.82, 2.24) is 0 Å². The van der Waals surface area contributed by atoms with Gasteiger partial charge in [0.15, 0.2) is 6.20 Å². The number of hydrogen-bond acceptors (Lipinski definition) is 2. The van der Waals surface area contributed by atoms with Gasteiger partial charge in [-0.15, -0.1) is 0 Å². The number of fused-ring (bicyclic) bond motifs is 1. The molecule has 0 N–H and O–H groups in total. The summed E-state index contributed by atoms with van der Waals surface area (Å²) < 4.78 is 7.54. The minimum atomic E-state index is -0.306. The van der Waals surface area contributed by atoms with E-state index in [-0.39, 0.29) is 29.9 Å². The lowest BCUT2D eigenvalue weighted by atomic mass is 9.98. The van der Waals surface area contributed by atoms with E-state index >= 15 is 0 Å². The molecule has 3 aromatic carbocycles. The Balaban J connectivity index is 0.00000240. The van der Waals surface area contributed by atoms with E-state index in [0.717, 1.165) is 27.7 Å². The minimum absolute atomic E-state index is 0. The van der Waals surface area contributed by atoms with E-state index in [0.29, 0.717) is 12.2 Å². The van der Waals surface area contributed by atoms with E-state index in [1.165, 1.54) is 5.56 Å². The number of benzene rings is 3. The van der Waals surface area contributed by atoms with Crippen LogP contribution in [0.3, 0.4) is 0 Å². The van der Waals surface area contributed by atoms with Crippen LogP contribution in [0.4, 0.5) is 0 Å². The molecule has 0 fully saturated rings. The summed E-state index contributed by atoms with van der Waals surface area (Å²) in [6, 6.07) is 26.3. The van der Waals surface area contributed by atoms with Gasteiger partial charge in [0.25, 0.3) is 0 Å². The molecule has 0 atom stereocenters. The highest BCUT2D eigenvalue weighted by Gasteiger charge is 2.29. The lowest BCUT2D eigenvalue weighted by Crippen LogP contribution is -3.00. The number of rotatable bonds is 4. The number of nitrogens with zero attached hydrogens (tertiary/aromatic N) is 1. The van der Waals surface area contributed by atoms with E-state index in [1.54, 1.807) is 0 Å². The molecule has 0 aliphatic carbocycles. The number of carbonyl (C=O) groups is 1. The lowest BCUT2D eigenvalue weighted by Gasteiger charge is -2.12. The predicted octanol–water partition coefficient (Wildman–Crippen LogP) is 2.27. The molecule has 4 aromatic rings. The average Bonchev–Trinajstić information content (AvgIpc) is 2.73. The average molecular weight is 495 g/mol. The summed E-state index contributed by atoms with van der Waals surface area (Å²) in [4.78, 5) is 13.1. The zero-order chi connectivity index (χ0) is 19.5. The van der Waals surface area contributed by atoms with Gasteiger partial charge in [-0.1, -0.05) is 54.1 Å². The second kappa shape index (κ2) is 9.18. The molecule has 0 aliphatic heterocycles. The molecule has 0 radical (unpaired) electrons. The zero-order valence-corrected chi connectivity index (χ0v) is 18.6. The van der Waals surface area contributed by atoms with Crippen molar-refractivity contribution in [2.24, 2.45) is 0 Å². The molecule has 0 amide bonds. The third-order valence-electron chi connectivity index (χ3n) is 4.81. The summed E-state index contributed by atoms with van der Waals surface area (Å²) in [7, 11) is 0. The van der Waals surface area contributed by atoms with Crippen LogP contribution in [0, 0.1) is 6.92 Å². The molecule has 4 rings (SSSR count). The van der Waals surface area contributed by atoms with Crippen molar-refractivity contribution in [1.29, 1.82) is 0 Å². The Morgan fingerprint density at radius 2 is 1.55 bits per heavy atom. The number of esters is 1. The minimum Gasteiger partial charge on any atom is -1.00 e. The van der Waals surface area contributed by atoms with Crippen LogP contribution < -0.4 is 28.5 Å². The molecule has 0 bridgehead atoms. The smallest absolute Gasteiger partial charge is 0.345 e. The second-order valence-electron chi connectivity index (χ2n) is 6.73. The van der Waals surface area contributed by atoms with Gasteiger partial charge in [0.2, 0.25) is 11.4 Å². The van der Waals surface area contributed by atoms with Crippen LogP contribution >= 0.6 is 0 Å². The van der Waals surface area contributed by atoms with Crippen LogP contribution in [-0.2, 0) is 4.74 Å².